The van der Waals surface area contributed by atoms with Crippen LogP contribution in [-0.4, -0.2) is 0 Å². The third-order valence-corrected chi connectivity index (χ3v) is 2.91. The Labute approximate surface area is 113 Å². The van der Waals surface area contributed by atoms with Gasteiger partial charge in [0, 0.05) is 0 Å². The van der Waals surface area contributed by atoms with Crippen LogP contribution in [-0.2, 0) is 0 Å². The average Bonchev–Trinajstić information content (AvgIpc) is 2.41. The van der Waals surface area contributed by atoms with Crippen LogP contribution in [0.4, 0.5) is 0 Å². The van der Waals surface area contributed by atoms with Crippen molar-refractivity contribution >= 4 is 15.9 Å². The lowest BCUT2D eigenvalue weighted by atomic mass is 10.2. The summed E-state index contributed by atoms with van der Waals surface area (Å²) in [6.45, 7) is 0. The zero-order chi connectivity index (χ0) is 13.0. The van der Waals surface area contributed by atoms with Gasteiger partial charge in [-0.15, -0.1) is 0 Å². The summed E-state index contributed by atoms with van der Waals surface area (Å²) in [5.74, 6) is 1.06. The van der Waals surface area contributed by atoms with Crippen molar-refractivity contribution in [2.24, 2.45) is 0 Å². The fraction of sp³-hybridized carbons (Fsp3) is 0. The third-order valence-electron chi connectivity index (χ3n) is 2.29. The smallest absolute Gasteiger partial charge is 0.145 e. The Balaban J connectivity index is 2.36. The zero-order valence-corrected chi connectivity index (χ0v) is 10.8. The van der Waals surface area contributed by atoms with E-state index in [9.17, 15) is 0 Å². The molecule has 0 aliphatic heterocycles. The SMILES string of the molecule is N#Cc1ccc(Oc2ccccc2C#N)c(Br)c1. The number of nitriles is 2. The Morgan fingerprint density at radius 3 is 2.39 bits per heavy atom. The molecule has 18 heavy (non-hydrogen) atoms. The maximum Gasteiger partial charge on any atom is 0.145 e. The number of hydrogen-bond donors (Lipinski definition) is 0. The van der Waals surface area contributed by atoms with Crippen molar-refractivity contribution < 1.29 is 4.74 Å². The molecule has 0 N–H and O–H groups in total. The first-order valence-electron chi connectivity index (χ1n) is 5.11. The third kappa shape index (κ3) is 2.51. The van der Waals surface area contributed by atoms with Crippen molar-refractivity contribution in [2.45, 2.75) is 0 Å². The molecule has 0 saturated carbocycles. The largest absolute Gasteiger partial charge is 0.455 e. The lowest BCUT2D eigenvalue weighted by Crippen LogP contribution is -1.89. The first-order valence-corrected chi connectivity index (χ1v) is 5.90. The Kier molecular flexibility index (Phi) is 3.62. The molecule has 0 unspecified atom stereocenters. The standard InChI is InChI=1S/C14H7BrN2O/c15-12-7-10(8-16)5-6-14(12)18-13-4-2-1-3-11(13)9-17/h1-7H. The van der Waals surface area contributed by atoms with Gasteiger partial charge in [-0.3, -0.25) is 0 Å². The molecule has 4 heteroatoms. The lowest BCUT2D eigenvalue weighted by molar-refractivity contribution is 0.478. The summed E-state index contributed by atoms with van der Waals surface area (Å²) in [4.78, 5) is 0. The minimum absolute atomic E-state index is 0.466. The molecule has 0 radical (unpaired) electrons. The fourth-order valence-corrected chi connectivity index (χ4v) is 1.88. The normalized spacial score (nSPS) is 9.28. The second kappa shape index (κ2) is 5.35. The molecule has 0 fully saturated rings. The molecular formula is C14H7BrN2O. The van der Waals surface area contributed by atoms with Crippen LogP contribution in [0, 0.1) is 22.7 Å². The summed E-state index contributed by atoms with van der Waals surface area (Å²) in [6, 6.07) is 16.1. The van der Waals surface area contributed by atoms with Crippen LogP contribution in [0.25, 0.3) is 0 Å². The molecule has 3 nitrogen and oxygen atoms in total. The quantitative estimate of drug-likeness (QED) is 0.842. The summed E-state index contributed by atoms with van der Waals surface area (Å²) >= 11 is 3.33. The van der Waals surface area contributed by atoms with Crippen LogP contribution in [0.1, 0.15) is 11.1 Å². The fourth-order valence-electron chi connectivity index (χ4n) is 1.42. The van der Waals surface area contributed by atoms with Gasteiger partial charge in [0.15, 0.2) is 0 Å². The molecule has 0 aliphatic rings. The molecule has 2 aromatic rings. The van der Waals surface area contributed by atoms with Gasteiger partial charge in [-0.1, -0.05) is 12.1 Å². The van der Waals surface area contributed by atoms with Crippen LogP contribution in [0.15, 0.2) is 46.9 Å². The van der Waals surface area contributed by atoms with Crippen molar-refractivity contribution in [3.63, 3.8) is 0 Å². The molecule has 0 bridgehead atoms. The Bertz CT molecular complexity index is 668. The summed E-state index contributed by atoms with van der Waals surface area (Å²) in [5.41, 5.74) is 1.01. The van der Waals surface area contributed by atoms with Gasteiger partial charge in [-0.2, -0.15) is 10.5 Å². The highest BCUT2D eigenvalue weighted by molar-refractivity contribution is 9.10. The molecule has 2 rings (SSSR count). The van der Waals surface area contributed by atoms with Gasteiger partial charge in [0.2, 0.25) is 0 Å². The lowest BCUT2D eigenvalue weighted by Gasteiger charge is -2.08. The number of nitrogens with zero attached hydrogens (tertiary/aromatic N) is 2. The van der Waals surface area contributed by atoms with Gasteiger partial charge in [-0.25, -0.2) is 0 Å². The topological polar surface area (TPSA) is 56.8 Å². The Morgan fingerprint density at radius 1 is 0.944 bits per heavy atom. The minimum atomic E-state index is 0.466. The molecule has 0 atom stereocenters. The number of rotatable bonds is 2. The summed E-state index contributed by atoms with van der Waals surface area (Å²) in [7, 11) is 0. The van der Waals surface area contributed by atoms with Gasteiger partial charge < -0.3 is 4.74 Å². The predicted molar refractivity (Wildman–Crippen MR) is 70.1 cm³/mol. The van der Waals surface area contributed by atoms with Crippen molar-refractivity contribution in [2.75, 3.05) is 0 Å². The van der Waals surface area contributed by atoms with Gasteiger partial charge in [0.05, 0.1) is 21.7 Å². The van der Waals surface area contributed by atoms with E-state index in [0.717, 1.165) is 0 Å². The van der Waals surface area contributed by atoms with Gasteiger partial charge >= 0.3 is 0 Å². The second-order valence-corrected chi connectivity index (χ2v) is 4.32. The Morgan fingerprint density at radius 2 is 1.72 bits per heavy atom. The minimum Gasteiger partial charge on any atom is -0.455 e. The number of halogens is 1. The van der Waals surface area contributed by atoms with E-state index in [2.05, 4.69) is 22.0 Å². The van der Waals surface area contributed by atoms with E-state index in [4.69, 9.17) is 15.3 Å². The molecule has 2 aromatic carbocycles. The van der Waals surface area contributed by atoms with Crippen LogP contribution in [0.2, 0.25) is 0 Å². The summed E-state index contributed by atoms with van der Waals surface area (Å²) in [6.07, 6.45) is 0. The first-order chi connectivity index (χ1) is 8.74. The number of para-hydroxylation sites is 1. The van der Waals surface area contributed by atoms with Crippen molar-refractivity contribution in [1.29, 1.82) is 10.5 Å². The maximum absolute atomic E-state index is 8.96. The zero-order valence-electron chi connectivity index (χ0n) is 9.22. The Hall–Kier alpha value is -2.30. The summed E-state index contributed by atoms with van der Waals surface area (Å²) < 4.78 is 6.33. The van der Waals surface area contributed by atoms with E-state index < -0.39 is 0 Å². The highest BCUT2D eigenvalue weighted by atomic mass is 79.9. The van der Waals surface area contributed by atoms with E-state index in [1.807, 2.05) is 6.07 Å². The molecule has 0 aliphatic carbocycles. The van der Waals surface area contributed by atoms with Gasteiger partial charge in [-0.05, 0) is 46.3 Å². The van der Waals surface area contributed by atoms with E-state index in [1.54, 1.807) is 42.5 Å². The van der Waals surface area contributed by atoms with E-state index in [1.165, 1.54) is 0 Å². The molecule has 0 spiro atoms. The van der Waals surface area contributed by atoms with E-state index in [-0.39, 0.29) is 0 Å². The van der Waals surface area contributed by atoms with Crippen LogP contribution >= 0.6 is 15.9 Å². The van der Waals surface area contributed by atoms with Gasteiger partial charge in [0.25, 0.3) is 0 Å². The monoisotopic (exact) mass is 298 g/mol. The highest BCUT2D eigenvalue weighted by Crippen LogP contribution is 2.31. The maximum atomic E-state index is 8.96. The van der Waals surface area contributed by atoms with Crippen LogP contribution in [0.5, 0.6) is 11.5 Å². The number of ether oxygens (including phenoxy) is 1. The van der Waals surface area contributed by atoms with Crippen LogP contribution in [0.3, 0.4) is 0 Å². The van der Waals surface area contributed by atoms with Gasteiger partial charge in [0.1, 0.15) is 17.6 Å². The molecule has 0 heterocycles. The summed E-state index contributed by atoms with van der Waals surface area (Å²) in [5, 5.41) is 17.7. The molecule has 0 amide bonds. The second-order valence-electron chi connectivity index (χ2n) is 3.47. The van der Waals surface area contributed by atoms with E-state index in [0.29, 0.717) is 27.1 Å². The van der Waals surface area contributed by atoms with Crippen molar-refractivity contribution in [1.82, 2.24) is 0 Å². The van der Waals surface area contributed by atoms with E-state index >= 15 is 0 Å². The highest BCUT2D eigenvalue weighted by Gasteiger charge is 2.07. The molecule has 86 valence electrons. The van der Waals surface area contributed by atoms with Crippen molar-refractivity contribution in [3.8, 4) is 23.6 Å². The van der Waals surface area contributed by atoms with Crippen LogP contribution < -0.4 is 4.74 Å². The van der Waals surface area contributed by atoms with Crippen molar-refractivity contribution in [3.05, 3.63) is 58.1 Å². The predicted octanol–water partition coefficient (Wildman–Crippen LogP) is 3.98. The average molecular weight is 299 g/mol. The molecule has 0 saturated heterocycles. The molecular weight excluding hydrogens is 292 g/mol. The number of benzene rings is 2. The number of hydrogen-bond acceptors (Lipinski definition) is 3. The first kappa shape index (κ1) is 12.2. The molecule has 0 aromatic heterocycles.